The monoisotopic (exact) mass is 561 g/mol. The van der Waals surface area contributed by atoms with Gasteiger partial charge in [-0.15, -0.1) is 0 Å². The van der Waals surface area contributed by atoms with Crippen molar-refractivity contribution < 1.29 is 23.2 Å². The number of ketones is 1. The molecule has 5 rings (SSSR count). The van der Waals surface area contributed by atoms with Gasteiger partial charge in [0.2, 0.25) is 0 Å². The Balaban J connectivity index is 1.24. The first-order valence-electron chi connectivity index (χ1n) is 15.7. The van der Waals surface area contributed by atoms with Gasteiger partial charge in [-0.2, -0.15) is 0 Å². The highest BCUT2D eigenvalue weighted by atomic mass is 19.3. The third kappa shape index (κ3) is 5.38. The number of rotatable bonds is 7. The molecule has 4 aliphatic carbocycles. The molecule has 7 atom stereocenters. The quantitative estimate of drug-likeness (QED) is 0.207. The molecule has 0 bridgehead atoms. The summed E-state index contributed by atoms with van der Waals surface area (Å²) in [7, 11) is 0. The van der Waals surface area contributed by atoms with E-state index in [0.717, 1.165) is 37.8 Å². The number of allylic oxidation sites excluding steroid dienone is 1. The maximum absolute atomic E-state index is 14.1. The van der Waals surface area contributed by atoms with Crippen molar-refractivity contribution in [2.24, 2.45) is 45.6 Å². The number of oxime groups is 1. The number of carbonyl (C=O) groups excluding carboxylic acids is 2. The van der Waals surface area contributed by atoms with E-state index in [9.17, 15) is 18.4 Å². The Morgan fingerprint density at radius 2 is 1.90 bits per heavy atom. The Morgan fingerprint density at radius 3 is 2.60 bits per heavy atom. The van der Waals surface area contributed by atoms with Gasteiger partial charge in [-0.1, -0.05) is 38.4 Å². The number of nitrogens with zero attached hydrogens (tertiary/aromatic N) is 2. The summed E-state index contributed by atoms with van der Waals surface area (Å²) in [5.41, 5.74) is 2.55. The van der Waals surface area contributed by atoms with Crippen LogP contribution in [0, 0.1) is 40.4 Å². The van der Waals surface area contributed by atoms with Crippen molar-refractivity contribution in [2.45, 2.75) is 111 Å². The van der Waals surface area contributed by atoms with E-state index in [0.29, 0.717) is 43.0 Å². The molecule has 1 aliphatic heterocycles. The molecule has 1 N–H and O–H groups in total. The van der Waals surface area contributed by atoms with Gasteiger partial charge < -0.3 is 10.2 Å². The minimum atomic E-state index is -2.74. The van der Waals surface area contributed by atoms with Crippen LogP contribution < -0.4 is 5.32 Å². The van der Waals surface area contributed by atoms with Crippen molar-refractivity contribution >= 4 is 17.6 Å². The largest absolute Gasteiger partial charge is 0.435 e. The third-order valence-corrected chi connectivity index (χ3v) is 11.6. The van der Waals surface area contributed by atoms with Crippen LogP contribution in [0.15, 0.2) is 16.8 Å². The first-order chi connectivity index (χ1) is 18.8. The maximum atomic E-state index is 14.1. The zero-order chi connectivity index (χ0) is 28.9. The van der Waals surface area contributed by atoms with E-state index < -0.39 is 18.1 Å². The first-order valence-corrected chi connectivity index (χ1v) is 15.7. The Kier molecular flexibility index (Phi) is 8.23. The highest BCUT2D eigenvalue weighted by Gasteiger charge is 2.59. The topological polar surface area (TPSA) is 71.0 Å². The molecule has 224 valence electrons. The van der Waals surface area contributed by atoms with Gasteiger partial charge in [0.15, 0.2) is 5.78 Å². The minimum absolute atomic E-state index is 0.126. The molecule has 0 spiro atoms. The molecule has 1 unspecified atom stereocenters. The summed E-state index contributed by atoms with van der Waals surface area (Å²) in [5, 5.41) is 7.26. The van der Waals surface area contributed by atoms with Crippen LogP contribution in [0.3, 0.4) is 0 Å². The maximum Gasteiger partial charge on any atom is 0.435 e. The van der Waals surface area contributed by atoms with Crippen molar-refractivity contribution in [3.63, 3.8) is 0 Å². The van der Waals surface area contributed by atoms with Gasteiger partial charge in [0.25, 0.3) is 5.92 Å². The summed E-state index contributed by atoms with van der Waals surface area (Å²) in [6.45, 7) is 11.8. The standard InChI is InChI=1S/C32H49F2N3O3/c1-20(2)19-37(17-12-28-32(33,34)15-16-35-28)29(39)40-36-21(3)25-8-9-26-24-7-6-22-18-23(38)10-13-30(22,4)27(24)11-14-31(25,26)5/h18,20,24-28,35H,6-17,19H2,1-5H3/b36-21+/t24-,25+,26-,27-,28?,30-,31+/m0/s1. The minimum Gasteiger partial charge on any atom is -0.308 e. The summed E-state index contributed by atoms with van der Waals surface area (Å²) >= 11 is 0. The molecule has 0 aromatic carbocycles. The van der Waals surface area contributed by atoms with Crippen LogP contribution in [0.2, 0.25) is 0 Å². The number of nitrogens with one attached hydrogen (secondary N) is 1. The second-order valence-corrected chi connectivity index (χ2v) is 14.4. The fraction of sp³-hybridized carbons (Fsp3) is 0.844. The smallest absolute Gasteiger partial charge is 0.308 e. The van der Waals surface area contributed by atoms with E-state index in [1.165, 1.54) is 23.3 Å². The Hall–Kier alpha value is -1.83. The van der Waals surface area contributed by atoms with Crippen LogP contribution >= 0.6 is 0 Å². The van der Waals surface area contributed by atoms with Crippen molar-refractivity contribution in [3.05, 3.63) is 11.6 Å². The van der Waals surface area contributed by atoms with Gasteiger partial charge in [-0.3, -0.25) is 9.63 Å². The molecule has 1 heterocycles. The predicted molar refractivity (Wildman–Crippen MR) is 152 cm³/mol. The van der Waals surface area contributed by atoms with Crippen LogP contribution in [0.1, 0.15) is 98.8 Å². The van der Waals surface area contributed by atoms with E-state index in [1.54, 1.807) is 0 Å². The second kappa shape index (κ2) is 11.1. The number of amides is 1. The number of fused-ring (bicyclic) bond motifs is 5. The fourth-order valence-electron chi connectivity index (χ4n) is 9.51. The highest BCUT2D eigenvalue weighted by Crippen LogP contribution is 2.66. The van der Waals surface area contributed by atoms with Crippen molar-refractivity contribution in [3.8, 4) is 0 Å². The molecule has 5 aliphatic rings. The first kappa shape index (κ1) is 29.7. The second-order valence-electron chi connectivity index (χ2n) is 14.4. The lowest BCUT2D eigenvalue weighted by molar-refractivity contribution is -0.117. The average Bonchev–Trinajstić information content (AvgIpc) is 3.42. The van der Waals surface area contributed by atoms with E-state index in [2.05, 4.69) is 24.3 Å². The van der Waals surface area contributed by atoms with E-state index in [4.69, 9.17) is 4.84 Å². The number of halogens is 2. The van der Waals surface area contributed by atoms with Crippen molar-refractivity contribution in [1.82, 2.24) is 10.2 Å². The summed E-state index contributed by atoms with van der Waals surface area (Å²) in [6, 6.07) is -0.909. The normalized spacial score (nSPS) is 38.9. The summed E-state index contributed by atoms with van der Waals surface area (Å²) in [4.78, 5) is 32.2. The molecule has 1 saturated heterocycles. The van der Waals surface area contributed by atoms with Gasteiger partial charge in [-0.05, 0) is 98.9 Å². The number of carbonyl (C=O) groups is 2. The molecule has 4 fully saturated rings. The van der Waals surface area contributed by atoms with Gasteiger partial charge >= 0.3 is 6.09 Å². The molecule has 0 aromatic heterocycles. The SMILES string of the molecule is C/C(=N\OC(=O)N(CCC1NCCC1(F)F)CC(C)C)[C@H]1CC[C@H]2[C@@H]3CCC4=CC(=O)CC[C@]4(C)[C@H]3CC[C@]12C. The lowest BCUT2D eigenvalue weighted by Gasteiger charge is -2.58. The van der Waals surface area contributed by atoms with Crippen molar-refractivity contribution in [1.29, 1.82) is 0 Å². The van der Waals surface area contributed by atoms with Crippen LogP contribution in [-0.2, 0) is 9.63 Å². The molecular weight excluding hydrogens is 512 g/mol. The van der Waals surface area contributed by atoms with Crippen LogP contribution in [0.25, 0.3) is 0 Å². The Bertz CT molecular complexity index is 1060. The molecule has 6 nitrogen and oxygen atoms in total. The lowest BCUT2D eigenvalue weighted by atomic mass is 9.46. The van der Waals surface area contributed by atoms with E-state index >= 15 is 0 Å². The zero-order valence-corrected chi connectivity index (χ0v) is 25.1. The van der Waals surface area contributed by atoms with Crippen LogP contribution in [-0.4, -0.2) is 54.1 Å². The number of hydrogen-bond acceptors (Lipinski definition) is 5. The molecule has 0 aromatic rings. The molecule has 0 radical (unpaired) electrons. The molecular formula is C32H49F2N3O3. The Morgan fingerprint density at radius 1 is 1.12 bits per heavy atom. The third-order valence-electron chi connectivity index (χ3n) is 11.6. The zero-order valence-electron chi connectivity index (χ0n) is 25.1. The van der Waals surface area contributed by atoms with Crippen LogP contribution in [0.5, 0.6) is 0 Å². The number of hydrogen-bond donors (Lipinski definition) is 1. The highest BCUT2D eigenvalue weighted by molar-refractivity contribution is 5.91. The molecule has 8 heteroatoms. The van der Waals surface area contributed by atoms with Crippen LogP contribution in [0.4, 0.5) is 13.6 Å². The van der Waals surface area contributed by atoms with Crippen molar-refractivity contribution in [2.75, 3.05) is 19.6 Å². The van der Waals surface area contributed by atoms with Gasteiger partial charge in [0, 0.05) is 38.4 Å². The average molecular weight is 562 g/mol. The number of alkyl halides is 2. The summed E-state index contributed by atoms with van der Waals surface area (Å²) in [6.07, 6.45) is 9.83. The Labute approximate surface area is 238 Å². The van der Waals surface area contributed by atoms with E-state index in [1.807, 2.05) is 26.8 Å². The summed E-state index contributed by atoms with van der Waals surface area (Å²) in [5.74, 6) is -0.0621. The lowest BCUT2D eigenvalue weighted by Crippen LogP contribution is -2.51. The van der Waals surface area contributed by atoms with E-state index in [-0.39, 0.29) is 42.1 Å². The predicted octanol–water partition coefficient (Wildman–Crippen LogP) is 6.99. The summed E-state index contributed by atoms with van der Waals surface area (Å²) < 4.78 is 28.2. The van der Waals surface area contributed by atoms with Gasteiger partial charge in [-0.25, -0.2) is 13.6 Å². The molecule has 1 amide bonds. The molecule has 3 saturated carbocycles. The fourth-order valence-corrected chi connectivity index (χ4v) is 9.51. The van der Waals surface area contributed by atoms with Gasteiger partial charge in [0.1, 0.15) is 0 Å². The van der Waals surface area contributed by atoms with Gasteiger partial charge in [0.05, 0.1) is 11.8 Å². The molecule has 40 heavy (non-hydrogen) atoms.